The van der Waals surface area contributed by atoms with Crippen LogP contribution in [0.4, 0.5) is 0 Å². The van der Waals surface area contributed by atoms with Gasteiger partial charge in [0, 0.05) is 6.54 Å². The molecule has 9 heteroatoms. The summed E-state index contributed by atoms with van der Waals surface area (Å²) in [6, 6.07) is 2.17. The minimum atomic E-state index is -3.83. The second-order valence-corrected chi connectivity index (χ2v) is 6.55. The number of nitrogens with one attached hydrogen (secondary N) is 1. The quantitative estimate of drug-likeness (QED) is 0.702. The number of carbonyl (C=O) groups is 3. The van der Waals surface area contributed by atoms with Gasteiger partial charge in [-0.1, -0.05) is 0 Å². The van der Waals surface area contributed by atoms with E-state index in [0.717, 1.165) is 12.1 Å². The Balaban J connectivity index is 2.27. The van der Waals surface area contributed by atoms with Gasteiger partial charge in [0.05, 0.1) is 11.3 Å². The fraction of sp³-hybridized carbons (Fsp3) is 0.167. The van der Waals surface area contributed by atoms with E-state index in [9.17, 15) is 22.8 Å². The van der Waals surface area contributed by atoms with Gasteiger partial charge < -0.3 is 10.4 Å². The van der Waals surface area contributed by atoms with Crippen LogP contribution in [-0.4, -0.2) is 48.3 Å². The average molecular weight is 308 g/mol. The summed E-state index contributed by atoms with van der Waals surface area (Å²) in [6.45, 7) is 0.00808. The Bertz CT molecular complexity index is 852. The molecule has 0 spiro atoms. The maximum Gasteiger partial charge on any atom is 0.354 e. The number of Topliss-reactive ketones (excluding diaryl/α,β-unsaturated/α-hetero) is 2. The van der Waals surface area contributed by atoms with Crippen molar-refractivity contribution < 1.29 is 27.9 Å². The van der Waals surface area contributed by atoms with Gasteiger partial charge in [-0.25, -0.2) is 18.2 Å². The third-order valence-electron chi connectivity index (χ3n) is 3.22. The largest absolute Gasteiger partial charge is 0.477 e. The normalized spacial score (nSPS) is 19.6. The van der Waals surface area contributed by atoms with E-state index < -0.39 is 38.0 Å². The number of carboxylic acid groups (broad SMARTS) is 1. The molecular weight excluding hydrogens is 300 g/mol. The Hall–Kier alpha value is -2.55. The van der Waals surface area contributed by atoms with Gasteiger partial charge in [0.1, 0.15) is 22.0 Å². The molecular formula is C12H8N2O6S. The Morgan fingerprint density at radius 1 is 1.24 bits per heavy atom. The second kappa shape index (κ2) is 4.22. The summed E-state index contributed by atoms with van der Waals surface area (Å²) in [6.07, 6.45) is 0. The van der Waals surface area contributed by atoms with E-state index in [0.29, 0.717) is 0 Å². The van der Waals surface area contributed by atoms with Crippen LogP contribution >= 0.6 is 0 Å². The lowest BCUT2D eigenvalue weighted by atomic mass is 9.96. The van der Waals surface area contributed by atoms with E-state index in [-0.39, 0.29) is 29.3 Å². The molecule has 21 heavy (non-hydrogen) atoms. The molecule has 0 radical (unpaired) electrons. The van der Waals surface area contributed by atoms with Gasteiger partial charge in [-0.3, -0.25) is 9.59 Å². The smallest absolute Gasteiger partial charge is 0.354 e. The van der Waals surface area contributed by atoms with Crippen molar-refractivity contribution in [3.05, 3.63) is 39.7 Å². The first-order valence-electron chi connectivity index (χ1n) is 5.87. The van der Waals surface area contributed by atoms with Crippen LogP contribution in [-0.2, 0) is 9.84 Å². The monoisotopic (exact) mass is 308 g/mol. The molecule has 0 unspecified atom stereocenters. The zero-order chi connectivity index (χ0) is 15.4. The van der Waals surface area contributed by atoms with Crippen molar-refractivity contribution in [1.29, 1.82) is 0 Å². The standard InChI is InChI=1S/C12H8N2O6S/c15-9-5-1-2-6(12(17)18)14-7(5)10(16)8-11(9)21(19,20)4-3-13-8/h1-2,13H,3-4H2,(H,17,18). The molecule has 1 aliphatic carbocycles. The van der Waals surface area contributed by atoms with Crippen molar-refractivity contribution in [3.8, 4) is 0 Å². The maximum atomic E-state index is 12.3. The Morgan fingerprint density at radius 2 is 1.95 bits per heavy atom. The number of hydrogen-bond donors (Lipinski definition) is 2. The Morgan fingerprint density at radius 3 is 2.62 bits per heavy atom. The predicted octanol–water partition coefficient (Wildman–Crippen LogP) is -0.612. The number of fused-ring (bicyclic) bond motifs is 1. The molecule has 3 rings (SSSR count). The molecule has 2 N–H and O–H groups in total. The van der Waals surface area contributed by atoms with Crippen LogP contribution in [0.5, 0.6) is 0 Å². The van der Waals surface area contributed by atoms with Crippen LogP contribution in [0, 0.1) is 0 Å². The summed E-state index contributed by atoms with van der Waals surface area (Å²) >= 11 is 0. The van der Waals surface area contributed by atoms with E-state index in [1.54, 1.807) is 0 Å². The van der Waals surface area contributed by atoms with Crippen molar-refractivity contribution in [1.82, 2.24) is 10.3 Å². The molecule has 2 heterocycles. The minimum absolute atomic E-state index is 0.00808. The van der Waals surface area contributed by atoms with Crippen molar-refractivity contribution in [3.63, 3.8) is 0 Å². The first-order chi connectivity index (χ1) is 9.83. The van der Waals surface area contributed by atoms with Gasteiger partial charge in [0.15, 0.2) is 9.84 Å². The molecule has 1 aromatic heterocycles. The number of aromatic nitrogens is 1. The molecule has 1 aliphatic heterocycles. The summed E-state index contributed by atoms with van der Waals surface area (Å²) in [7, 11) is -3.83. The van der Waals surface area contributed by atoms with Gasteiger partial charge >= 0.3 is 5.97 Å². The number of hydrogen-bond acceptors (Lipinski definition) is 7. The van der Waals surface area contributed by atoms with Gasteiger partial charge in [-0.2, -0.15) is 0 Å². The van der Waals surface area contributed by atoms with Crippen molar-refractivity contribution in [2.24, 2.45) is 0 Å². The molecule has 0 bridgehead atoms. The number of ketones is 2. The number of allylic oxidation sites excluding steroid dienone is 2. The van der Waals surface area contributed by atoms with Crippen LogP contribution in [0.3, 0.4) is 0 Å². The van der Waals surface area contributed by atoms with E-state index in [1.165, 1.54) is 0 Å². The summed E-state index contributed by atoms with van der Waals surface area (Å²) < 4.78 is 23.9. The SMILES string of the molecule is O=C(O)c1ccc2c(n1)C(=O)C1=C(C2=O)S(=O)(=O)CCN1. The average Bonchev–Trinajstić information content (AvgIpc) is 2.43. The van der Waals surface area contributed by atoms with Gasteiger partial charge in [-0.05, 0) is 12.1 Å². The lowest BCUT2D eigenvalue weighted by Gasteiger charge is -2.24. The highest BCUT2D eigenvalue weighted by Crippen LogP contribution is 2.29. The number of nitrogens with zero attached hydrogens (tertiary/aromatic N) is 1. The molecule has 0 atom stereocenters. The first-order valence-corrected chi connectivity index (χ1v) is 7.53. The number of carbonyl (C=O) groups excluding carboxylic acids is 2. The summed E-state index contributed by atoms with van der Waals surface area (Å²) in [5.74, 6) is -3.25. The molecule has 0 aromatic carbocycles. The topological polar surface area (TPSA) is 130 Å². The Kier molecular flexibility index (Phi) is 2.70. The van der Waals surface area contributed by atoms with Gasteiger partial charge in [-0.15, -0.1) is 0 Å². The van der Waals surface area contributed by atoms with E-state index in [2.05, 4.69) is 10.3 Å². The van der Waals surface area contributed by atoms with E-state index >= 15 is 0 Å². The maximum absolute atomic E-state index is 12.3. The summed E-state index contributed by atoms with van der Waals surface area (Å²) in [4.78, 5) is 38.5. The molecule has 108 valence electrons. The zero-order valence-electron chi connectivity index (χ0n) is 10.4. The highest BCUT2D eigenvalue weighted by Gasteiger charge is 2.42. The van der Waals surface area contributed by atoms with Crippen LogP contribution in [0.2, 0.25) is 0 Å². The zero-order valence-corrected chi connectivity index (χ0v) is 11.2. The highest BCUT2D eigenvalue weighted by atomic mass is 32.2. The fourth-order valence-corrected chi connectivity index (χ4v) is 3.70. The number of sulfone groups is 1. The van der Waals surface area contributed by atoms with Crippen LogP contribution < -0.4 is 5.32 Å². The third-order valence-corrected chi connectivity index (χ3v) is 4.97. The third kappa shape index (κ3) is 1.85. The lowest BCUT2D eigenvalue weighted by Crippen LogP contribution is -2.41. The molecule has 2 aliphatic rings. The number of carboxylic acids is 1. The summed E-state index contributed by atoms with van der Waals surface area (Å²) in [5, 5.41) is 11.5. The first kappa shape index (κ1) is 13.4. The molecule has 1 aromatic rings. The molecule has 0 amide bonds. The molecule has 0 saturated carbocycles. The molecule has 0 fully saturated rings. The van der Waals surface area contributed by atoms with Crippen molar-refractivity contribution in [2.75, 3.05) is 12.3 Å². The summed E-state index contributed by atoms with van der Waals surface area (Å²) in [5.41, 5.74) is -1.26. The Labute approximate surface area is 118 Å². The highest BCUT2D eigenvalue weighted by molar-refractivity contribution is 7.96. The number of pyridine rings is 1. The number of aromatic carboxylic acids is 1. The van der Waals surface area contributed by atoms with Crippen molar-refractivity contribution >= 4 is 27.4 Å². The van der Waals surface area contributed by atoms with E-state index in [4.69, 9.17) is 5.11 Å². The van der Waals surface area contributed by atoms with Gasteiger partial charge in [0.2, 0.25) is 11.6 Å². The fourth-order valence-electron chi connectivity index (χ4n) is 2.26. The lowest BCUT2D eigenvalue weighted by molar-refractivity contribution is 0.0689. The van der Waals surface area contributed by atoms with Crippen LogP contribution in [0.15, 0.2) is 22.7 Å². The molecule has 8 nitrogen and oxygen atoms in total. The second-order valence-electron chi connectivity index (χ2n) is 4.51. The predicted molar refractivity (Wildman–Crippen MR) is 68.7 cm³/mol. The van der Waals surface area contributed by atoms with Gasteiger partial charge in [0.25, 0.3) is 0 Å². The van der Waals surface area contributed by atoms with Crippen LogP contribution in [0.25, 0.3) is 0 Å². The van der Waals surface area contributed by atoms with Crippen molar-refractivity contribution in [2.45, 2.75) is 0 Å². The number of rotatable bonds is 1. The van der Waals surface area contributed by atoms with E-state index in [1.807, 2.05) is 0 Å². The van der Waals surface area contributed by atoms with Crippen LogP contribution in [0.1, 0.15) is 31.3 Å². The minimum Gasteiger partial charge on any atom is -0.477 e. The molecule has 0 saturated heterocycles.